The third-order valence-electron chi connectivity index (χ3n) is 11.2. The Morgan fingerprint density at radius 3 is 1.26 bits per heavy atom. The number of hydrogen-bond acceptors (Lipinski definition) is 5. The second-order valence-corrected chi connectivity index (χ2v) is 17.4. The molecule has 358 valence electrons. The Hall–Kier alpha value is -2.66. The maximum Gasteiger partial charge on any atom is 0.306 e. The minimum Gasteiger partial charge on any atom is -0.462 e. The van der Waals surface area contributed by atoms with Crippen LogP contribution in [0.3, 0.4) is 0 Å². The third kappa shape index (κ3) is 50.0. The first-order chi connectivity index (χ1) is 30.6. The molecular weight excluding hydrogens is 765 g/mol. The van der Waals surface area contributed by atoms with E-state index in [1.807, 2.05) is 6.08 Å². The minimum atomic E-state index is -0.580. The highest BCUT2D eigenvalue weighted by atomic mass is 16.6. The smallest absolute Gasteiger partial charge is 0.306 e. The number of carbonyl (C=O) groups excluding carboxylic acids is 2. The first kappa shape index (κ1) is 59.3. The van der Waals surface area contributed by atoms with E-state index < -0.39 is 6.10 Å². The van der Waals surface area contributed by atoms with Crippen LogP contribution in [-0.2, 0) is 23.8 Å². The first-order valence-electron chi connectivity index (χ1n) is 26.5. The number of allylic oxidation sites excluding steroid dienone is 12. The van der Waals surface area contributed by atoms with E-state index in [0.29, 0.717) is 25.9 Å². The largest absolute Gasteiger partial charge is 0.462 e. The van der Waals surface area contributed by atoms with Gasteiger partial charge < -0.3 is 14.2 Å². The monoisotopic (exact) mass is 865 g/mol. The summed E-state index contributed by atoms with van der Waals surface area (Å²) < 4.78 is 17.3. The van der Waals surface area contributed by atoms with Crippen LogP contribution in [0.2, 0.25) is 0 Å². The molecule has 0 rings (SSSR count). The quantitative estimate of drug-likeness (QED) is 0.0346. The van der Waals surface area contributed by atoms with Crippen molar-refractivity contribution in [2.24, 2.45) is 0 Å². The molecule has 0 aliphatic carbocycles. The highest BCUT2D eigenvalue weighted by Gasteiger charge is 2.17. The van der Waals surface area contributed by atoms with Crippen LogP contribution in [0.5, 0.6) is 0 Å². The van der Waals surface area contributed by atoms with E-state index in [4.69, 9.17) is 14.2 Å². The molecule has 0 radical (unpaired) electrons. The highest BCUT2D eigenvalue weighted by molar-refractivity contribution is 5.70. The summed E-state index contributed by atoms with van der Waals surface area (Å²) in [5.74, 6) is -0.501. The summed E-state index contributed by atoms with van der Waals surface area (Å²) in [6, 6.07) is 0. The van der Waals surface area contributed by atoms with Gasteiger partial charge in [-0.25, -0.2) is 0 Å². The van der Waals surface area contributed by atoms with Crippen LogP contribution in [0.4, 0.5) is 0 Å². The molecule has 0 aromatic heterocycles. The molecule has 1 atom stereocenters. The molecule has 0 heterocycles. The fourth-order valence-electron chi connectivity index (χ4n) is 7.32. The molecule has 0 aliphatic heterocycles. The Kier molecular flexibility index (Phi) is 50.4. The van der Waals surface area contributed by atoms with Gasteiger partial charge in [0.15, 0.2) is 6.10 Å². The number of unbranched alkanes of at least 4 members (excludes halogenated alkanes) is 25. The molecule has 62 heavy (non-hydrogen) atoms. The van der Waals surface area contributed by atoms with Crippen LogP contribution in [-0.4, -0.2) is 37.9 Å². The zero-order valence-electron chi connectivity index (χ0n) is 41.1. The Morgan fingerprint density at radius 1 is 0.371 bits per heavy atom. The average Bonchev–Trinajstić information content (AvgIpc) is 3.27. The molecule has 1 unspecified atom stereocenters. The third-order valence-corrected chi connectivity index (χ3v) is 11.2. The van der Waals surface area contributed by atoms with E-state index in [9.17, 15) is 9.59 Å². The molecule has 0 aliphatic rings. The summed E-state index contributed by atoms with van der Waals surface area (Å²) in [5.41, 5.74) is 0. The first-order valence-corrected chi connectivity index (χ1v) is 26.5. The Balaban J connectivity index is 4.32. The molecule has 0 amide bonds. The number of esters is 2. The molecule has 0 saturated carbocycles. The summed E-state index contributed by atoms with van der Waals surface area (Å²) in [4.78, 5) is 25.3. The van der Waals surface area contributed by atoms with E-state index in [-0.39, 0.29) is 25.2 Å². The molecule has 0 N–H and O–H groups in total. The Morgan fingerprint density at radius 2 is 0.758 bits per heavy atom. The second kappa shape index (κ2) is 52.7. The van der Waals surface area contributed by atoms with Crippen LogP contribution >= 0.6 is 0 Å². The maximum absolute atomic E-state index is 12.8. The lowest BCUT2D eigenvalue weighted by molar-refractivity contribution is -0.162. The summed E-state index contributed by atoms with van der Waals surface area (Å²) in [6.45, 7) is 7.62. The number of rotatable bonds is 48. The summed E-state index contributed by atoms with van der Waals surface area (Å²) >= 11 is 0. The summed E-state index contributed by atoms with van der Waals surface area (Å²) in [7, 11) is 0. The van der Waals surface area contributed by atoms with Gasteiger partial charge in [0.05, 0.1) is 6.61 Å². The van der Waals surface area contributed by atoms with Gasteiger partial charge >= 0.3 is 11.9 Å². The minimum absolute atomic E-state index is 0.0495. The normalized spacial score (nSPS) is 12.8. The predicted octanol–water partition coefficient (Wildman–Crippen LogP) is 17.9. The summed E-state index contributed by atoms with van der Waals surface area (Å²) in [6.07, 6.45) is 67.9. The van der Waals surface area contributed by atoms with E-state index in [1.54, 1.807) is 0 Å². The van der Waals surface area contributed by atoms with Crippen molar-refractivity contribution in [3.63, 3.8) is 0 Å². The van der Waals surface area contributed by atoms with Crippen molar-refractivity contribution >= 4 is 11.9 Å². The topological polar surface area (TPSA) is 61.8 Å². The molecule has 5 heteroatoms. The zero-order chi connectivity index (χ0) is 44.9. The number of hydrogen-bond donors (Lipinski definition) is 0. The predicted molar refractivity (Wildman–Crippen MR) is 270 cm³/mol. The van der Waals surface area contributed by atoms with E-state index in [0.717, 1.165) is 70.6 Å². The van der Waals surface area contributed by atoms with Gasteiger partial charge in [-0.2, -0.15) is 0 Å². The van der Waals surface area contributed by atoms with Crippen LogP contribution in [0.25, 0.3) is 0 Å². The van der Waals surface area contributed by atoms with Crippen molar-refractivity contribution in [3.05, 3.63) is 72.9 Å². The van der Waals surface area contributed by atoms with Gasteiger partial charge in [-0.1, -0.05) is 235 Å². The van der Waals surface area contributed by atoms with Crippen molar-refractivity contribution in [1.29, 1.82) is 0 Å². The molecular formula is C57H100O5. The zero-order valence-corrected chi connectivity index (χ0v) is 41.1. The maximum atomic E-state index is 12.8. The molecule has 0 saturated heterocycles. The molecule has 0 spiro atoms. The van der Waals surface area contributed by atoms with Gasteiger partial charge in [-0.05, 0) is 77.0 Å². The number of carbonyl (C=O) groups is 2. The van der Waals surface area contributed by atoms with Gasteiger partial charge in [0.1, 0.15) is 6.61 Å². The molecule has 0 fully saturated rings. The van der Waals surface area contributed by atoms with Crippen LogP contribution in [0, 0.1) is 0 Å². The van der Waals surface area contributed by atoms with Crippen LogP contribution in [0.15, 0.2) is 72.9 Å². The van der Waals surface area contributed by atoms with Gasteiger partial charge in [0.2, 0.25) is 0 Å². The SMILES string of the molecule is CC/C=C\C/C=C\C/C=C\C/C=C\CCC(=O)OC(COCCCCCCCCCCCCCCCCCCCC)COC(=O)CCCCCCC/C=C\C/C=C\CCCCC. The number of ether oxygens (including phenoxy) is 3. The fourth-order valence-corrected chi connectivity index (χ4v) is 7.32. The van der Waals surface area contributed by atoms with Crippen molar-refractivity contribution in [2.45, 2.75) is 258 Å². The van der Waals surface area contributed by atoms with Crippen molar-refractivity contribution in [3.8, 4) is 0 Å². The van der Waals surface area contributed by atoms with Crippen LogP contribution in [0.1, 0.15) is 252 Å². The second-order valence-electron chi connectivity index (χ2n) is 17.4. The van der Waals surface area contributed by atoms with Crippen molar-refractivity contribution in [2.75, 3.05) is 19.8 Å². The fraction of sp³-hybridized carbons (Fsp3) is 0.754. The summed E-state index contributed by atoms with van der Waals surface area (Å²) in [5, 5.41) is 0. The Bertz CT molecular complexity index is 1110. The van der Waals surface area contributed by atoms with Gasteiger partial charge in [0.25, 0.3) is 0 Å². The van der Waals surface area contributed by atoms with Crippen molar-refractivity contribution in [1.82, 2.24) is 0 Å². The van der Waals surface area contributed by atoms with Gasteiger partial charge in [-0.15, -0.1) is 0 Å². The lowest BCUT2D eigenvalue weighted by Crippen LogP contribution is -2.30. The molecule has 0 bridgehead atoms. The van der Waals surface area contributed by atoms with E-state index in [2.05, 4.69) is 87.6 Å². The van der Waals surface area contributed by atoms with Gasteiger partial charge in [-0.3, -0.25) is 9.59 Å². The van der Waals surface area contributed by atoms with E-state index in [1.165, 1.54) is 141 Å². The lowest BCUT2D eigenvalue weighted by atomic mass is 10.0. The average molecular weight is 865 g/mol. The van der Waals surface area contributed by atoms with Crippen molar-refractivity contribution < 1.29 is 23.8 Å². The molecule has 0 aromatic carbocycles. The molecule has 0 aromatic rings. The van der Waals surface area contributed by atoms with Gasteiger partial charge in [0, 0.05) is 19.4 Å². The van der Waals surface area contributed by atoms with E-state index >= 15 is 0 Å². The van der Waals surface area contributed by atoms with Crippen LogP contribution < -0.4 is 0 Å². The standard InChI is InChI=1S/C57H100O5/c1-4-7-10-13-16-19-22-25-27-28-29-31-34-37-40-43-46-49-52-60-53-55(62-57(59)51-48-45-42-39-36-32-24-21-18-15-12-9-6-3)54-61-56(58)50-47-44-41-38-35-33-30-26-23-20-17-14-11-8-5-2/h9,12,17-18,20-21,26,30,32,36,42,45,55H,4-8,10-11,13-16,19,22-25,27-29,31,33-35,37-41,43-44,46-54H2,1-3H3/b12-9-,20-17-,21-18-,30-26-,36-32-,45-42-. The molecule has 5 nitrogen and oxygen atoms in total. The highest BCUT2D eigenvalue weighted by Crippen LogP contribution is 2.15. The Labute approximate surface area is 385 Å². The lowest BCUT2D eigenvalue weighted by Gasteiger charge is -2.18.